The van der Waals surface area contributed by atoms with Gasteiger partial charge in [-0.2, -0.15) is 0 Å². The number of ether oxygens (including phenoxy) is 2. The summed E-state index contributed by atoms with van der Waals surface area (Å²) in [4.78, 5) is 22.2. The minimum Gasteiger partial charge on any atom is -0.500 e. The summed E-state index contributed by atoms with van der Waals surface area (Å²) in [6.07, 6.45) is 3.58. The number of nitrogens with one attached hydrogen (secondary N) is 1. The average molecular weight is 456 g/mol. The lowest BCUT2D eigenvalue weighted by Crippen LogP contribution is -2.53. The van der Waals surface area contributed by atoms with Gasteiger partial charge >= 0.3 is 0 Å². The Kier molecular flexibility index (Phi) is 7.27. The first-order chi connectivity index (χ1) is 15.4. The molecule has 168 valence electrons. The van der Waals surface area contributed by atoms with Crippen molar-refractivity contribution in [3.63, 3.8) is 0 Å². The van der Waals surface area contributed by atoms with E-state index in [1.54, 1.807) is 30.3 Å². The number of methoxy groups -OCH3 is 2. The fourth-order valence-corrected chi connectivity index (χ4v) is 5.40. The predicted molar refractivity (Wildman–Crippen MR) is 120 cm³/mol. The van der Waals surface area contributed by atoms with Crippen molar-refractivity contribution >= 4 is 22.2 Å². The van der Waals surface area contributed by atoms with Gasteiger partial charge in [0, 0.05) is 13.5 Å². The van der Waals surface area contributed by atoms with E-state index >= 15 is 0 Å². The number of sulfonamides is 1. The predicted octanol–water partition coefficient (Wildman–Crippen LogP) is 2.86. The Morgan fingerprint density at radius 3 is 2.25 bits per heavy atom. The van der Waals surface area contributed by atoms with Gasteiger partial charge < -0.3 is 9.47 Å². The van der Waals surface area contributed by atoms with Crippen molar-refractivity contribution in [3.05, 3.63) is 95.3 Å². The lowest BCUT2D eigenvalue weighted by Gasteiger charge is -2.39. The maximum absolute atomic E-state index is 13.5. The van der Waals surface area contributed by atoms with Gasteiger partial charge in [0.15, 0.2) is 6.29 Å². The molecule has 2 unspecified atom stereocenters. The van der Waals surface area contributed by atoms with Gasteiger partial charge in [0.2, 0.25) is 10.8 Å². The smallest absolute Gasteiger partial charge is 0.269 e. The largest absolute Gasteiger partial charge is 0.500 e. The highest BCUT2D eigenvalue weighted by Gasteiger charge is 2.54. The van der Waals surface area contributed by atoms with Crippen LogP contribution in [0, 0.1) is 0 Å². The Labute approximate surface area is 187 Å². The molecule has 0 aromatic heterocycles. The summed E-state index contributed by atoms with van der Waals surface area (Å²) in [5.41, 5.74) is 1.66. The summed E-state index contributed by atoms with van der Waals surface area (Å²) in [6, 6.07) is 18.0. The van der Waals surface area contributed by atoms with Gasteiger partial charge in [0.1, 0.15) is 5.76 Å². The second-order valence-electron chi connectivity index (χ2n) is 7.26. The van der Waals surface area contributed by atoms with Crippen LogP contribution in [0.3, 0.4) is 0 Å². The summed E-state index contributed by atoms with van der Waals surface area (Å²) in [7, 11) is -1.81. The SMILES string of the molecule is COC1=C(C=O)C=CC(OC)(S(=O)(=O)NC(=O)CCc2ccccc2)C1c1ccccc1. The molecule has 1 aliphatic rings. The van der Waals surface area contributed by atoms with Gasteiger partial charge in [-0.25, -0.2) is 8.42 Å². The molecule has 3 rings (SSSR count). The van der Waals surface area contributed by atoms with Gasteiger partial charge in [-0.3, -0.25) is 14.3 Å². The molecular formula is C24H25NO6S. The van der Waals surface area contributed by atoms with Crippen molar-refractivity contribution in [2.75, 3.05) is 14.2 Å². The molecule has 1 N–H and O–H groups in total. The number of rotatable bonds is 9. The summed E-state index contributed by atoms with van der Waals surface area (Å²) in [5, 5.41) is 0. The van der Waals surface area contributed by atoms with Crippen LogP contribution < -0.4 is 4.72 Å². The first-order valence-corrected chi connectivity index (χ1v) is 11.5. The summed E-state index contributed by atoms with van der Waals surface area (Å²) in [5.74, 6) is -1.53. The van der Waals surface area contributed by atoms with E-state index in [-0.39, 0.29) is 17.8 Å². The van der Waals surface area contributed by atoms with Crippen LogP contribution in [-0.4, -0.2) is 39.8 Å². The molecule has 32 heavy (non-hydrogen) atoms. The van der Waals surface area contributed by atoms with E-state index in [0.29, 0.717) is 18.3 Å². The van der Waals surface area contributed by atoms with Crippen LogP contribution in [0.5, 0.6) is 0 Å². The van der Waals surface area contributed by atoms with Crippen molar-refractivity contribution < 1.29 is 27.5 Å². The zero-order chi connectivity index (χ0) is 23.2. The molecule has 0 fully saturated rings. The molecule has 1 aliphatic carbocycles. The highest BCUT2D eigenvalue weighted by atomic mass is 32.2. The number of hydrogen-bond acceptors (Lipinski definition) is 6. The fourth-order valence-electron chi connectivity index (χ4n) is 3.82. The summed E-state index contributed by atoms with van der Waals surface area (Å²) < 4.78 is 40.3. The van der Waals surface area contributed by atoms with E-state index in [1.165, 1.54) is 26.4 Å². The Balaban J connectivity index is 1.97. The van der Waals surface area contributed by atoms with Crippen molar-refractivity contribution in [2.24, 2.45) is 0 Å². The molecule has 0 aliphatic heterocycles. The van der Waals surface area contributed by atoms with Crippen LogP contribution in [0.25, 0.3) is 0 Å². The molecule has 0 spiro atoms. The number of carbonyl (C=O) groups is 2. The minimum absolute atomic E-state index is 0.0185. The monoisotopic (exact) mass is 455 g/mol. The number of carbonyl (C=O) groups excluding carboxylic acids is 2. The molecule has 2 atom stereocenters. The molecule has 0 radical (unpaired) electrons. The maximum atomic E-state index is 13.5. The van der Waals surface area contributed by atoms with Gasteiger partial charge in [0.25, 0.3) is 10.0 Å². The maximum Gasteiger partial charge on any atom is 0.269 e. The molecule has 8 heteroatoms. The van der Waals surface area contributed by atoms with E-state index in [2.05, 4.69) is 4.72 Å². The highest BCUT2D eigenvalue weighted by molar-refractivity contribution is 7.91. The molecule has 2 aromatic rings. The lowest BCUT2D eigenvalue weighted by molar-refractivity contribution is -0.119. The number of aldehydes is 1. The third kappa shape index (κ3) is 4.51. The van der Waals surface area contributed by atoms with Crippen LogP contribution in [0.2, 0.25) is 0 Å². The molecule has 7 nitrogen and oxygen atoms in total. The number of hydrogen-bond donors (Lipinski definition) is 1. The van der Waals surface area contributed by atoms with E-state index in [9.17, 15) is 18.0 Å². The highest BCUT2D eigenvalue weighted by Crippen LogP contribution is 2.45. The third-order valence-electron chi connectivity index (χ3n) is 5.39. The Bertz CT molecular complexity index is 1130. The first kappa shape index (κ1) is 23.4. The molecule has 0 saturated heterocycles. The lowest BCUT2D eigenvalue weighted by atomic mass is 9.85. The van der Waals surface area contributed by atoms with Crippen molar-refractivity contribution in [1.82, 2.24) is 4.72 Å². The van der Waals surface area contributed by atoms with Crippen molar-refractivity contribution in [1.29, 1.82) is 0 Å². The zero-order valence-corrected chi connectivity index (χ0v) is 18.7. The van der Waals surface area contributed by atoms with Crippen molar-refractivity contribution in [2.45, 2.75) is 23.7 Å². The molecule has 0 saturated carbocycles. The molecule has 2 aromatic carbocycles. The molecular weight excluding hydrogens is 430 g/mol. The standard InChI is InChI=1S/C24H25NO6S/c1-30-23-20(17-26)15-16-24(31-2,22(23)19-11-7-4-8-12-19)32(28,29)25-21(27)14-13-18-9-5-3-6-10-18/h3-12,15-17,22H,13-14H2,1-2H3,(H,25,27). The molecule has 0 bridgehead atoms. The fraction of sp³-hybridized carbons (Fsp3) is 0.250. The molecule has 1 amide bonds. The van der Waals surface area contributed by atoms with E-state index < -0.39 is 26.8 Å². The van der Waals surface area contributed by atoms with Crippen molar-refractivity contribution in [3.8, 4) is 0 Å². The van der Waals surface area contributed by atoms with Crippen LogP contribution >= 0.6 is 0 Å². The number of benzene rings is 2. The van der Waals surface area contributed by atoms with E-state index in [4.69, 9.17) is 9.47 Å². The third-order valence-corrected chi connectivity index (χ3v) is 7.27. The minimum atomic E-state index is -4.41. The number of aryl methyl sites for hydroxylation is 1. The van der Waals surface area contributed by atoms with Crippen LogP contribution in [0.4, 0.5) is 0 Å². The Morgan fingerprint density at radius 1 is 1.06 bits per heavy atom. The van der Waals surface area contributed by atoms with Gasteiger partial charge in [-0.15, -0.1) is 0 Å². The summed E-state index contributed by atoms with van der Waals surface area (Å²) >= 11 is 0. The van der Waals surface area contributed by atoms with Crippen LogP contribution in [0.15, 0.2) is 84.1 Å². The Morgan fingerprint density at radius 2 is 1.69 bits per heavy atom. The van der Waals surface area contributed by atoms with Gasteiger partial charge in [0.05, 0.1) is 18.6 Å². The van der Waals surface area contributed by atoms with Gasteiger partial charge in [-0.1, -0.05) is 60.7 Å². The number of amides is 1. The van der Waals surface area contributed by atoms with Crippen LogP contribution in [-0.2, 0) is 35.5 Å². The summed E-state index contributed by atoms with van der Waals surface area (Å²) in [6.45, 7) is 0. The first-order valence-electron chi connectivity index (χ1n) is 10.0. The second-order valence-corrected chi connectivity index (χ2v) is 9.11. The number of allylic oxidation sites excluding steroid dienone is 2. The van der Waals surface area contributed by atoms with E-state index in [1.807, 2.05) is 30.3 Å². The average Bonchev–Trinajstić information content (AvgIpc) is 2.82. The second kappa shape index (κ2) is 9.93. The van der Waals surface area contributed by atoms with Gasteiger partial charge in [-0.05, 0) is 29.7 Å². The zero-order valence-electron chi connectivity index (χ0n) is 17.9. The molecule has 0 heterocycles. The van der Waals surface area contributed by atoms with Crippen LogP contribution in [0.1, 0.15) is 23.5 Å². The normalized spacial score (nSPS) is 20.6. The Hall–Kier alpha value is -3.23. The topological polar surface area (TPSA) is 98.8 Å². The quantitative estimate of drug-likeness (QED) is 0.584. The van der Waals surface area contributed by atoms with E-state index in [0.717, 1.165) is 5.56 Å².